The van der Waals surface area contributed by atoms with E-state index < -0.39 is 0 Å². The highest BCUT2D eigenvalue weighted by Gasteiger charge is 2.14. The molecule has 2 aromatic heterocycles. The van der Waals surface area contributed by atoms with E-state index in [1.165, 1.54) is 6.26 Å². The molecule has 0 bridgehead atoms. The molecule has 0 unspecified atom stereocenters. The van der Waals surface area contributed by atoms with Gasteiger partial charge < -0.3 is 8.83 Å². The Morgan fingerprint density at radius 2 is 2.13 bits per heavy atom. The van der Waals surface area contributed by atoms with Gasteiger partial charge in [0.2, 0.25) is 0 Å². The van der Waals surface area contributed by atoms with Crippen LogP contribution in [-0.4, -0.2) is 5.78 Å². The number of halogens is 2. The summed E-state index contributed by atoms with van der Waals surface area (Å²) in [6, 6.07) is 3.41. The van der Waals surface area contributed by atoms with Crippen LogP contribution in [0.15, 0.2) is 42.8 Å². The summed E-state index contributed by atoms with van der Waals surface area (Å²) in [7, 11) is 0. The normalized spacial score (nSPS) is 10.5. The lowest BCUT2D eigenvalue weighted by Crippen LogP contribution is -2.01. The van der Waals surface area contributed by atoms with E-state index >= 15 is 0 Å². The van der Waals surface area contributed by atoms with Crippen molar-refractivity contribution in [3.8, 4) is 0 Å². The molecule has 0 N–H and O–H groups in total. The van der Waals surface area contributed by atoms with Crippen molar-refractivity contribution in [2.75, 3.05) is 0 Å². The summed E-state index contributed by atoms with van der Waals surface area (Å²) in [5.41, 5.74) is 1.38. The van der Waals surface area contributed by atoms with Crippen LogP contribution in [0.1, 0.15) is 15.9 Å². The van der Waals surface area contributed by atoms with Crippen LogP contribution in [0.2, 0.25) is 0 Å². The molecule has 3 nitrogen and oxygen atoms in total. The second-order valence-electron chi connectivity index (χ2n) is 2.97. The summed E-state index contributed by atoms with van der Waals surface area (Å²) in [6.07, 6.45) is 3.33. The fourth-order valence-electron chi connectivity index (χ4n) is 1.21. The van der Waals surface area contributed by atoms with Gasteiger partial charge in [0.05, 0.1) is 18.1 Å². The van der Waals surface area contributed by atoms with Gasteiger partial charge in [-0.3, -0.25) is 4.79 Å². The minimum atomic E-state index is -0.0103. The van der Waals surface area contributed by atoms with Crippen molar-refractivity contribution in [2.24, 2.45) is 0 Å². The average Bonchev–Trinajstić information content (AvgIpc) is 2.75. The highest BCUT2D eigenvalue weighted by atomic mass is 79.9. The number of furan rings is 2. The Balaban J connectivity index is 2.14. The smallest absolute Gasteiger partial charge is 0.179 e. The number of ketones is 1. The fraction of sp³-hybridized carbons (Fsp3) is 0.100. The lowest BCUT2D eigenvalue weighted by Gasteiger charge is -1.94. The Morgan fingerprint density at radius 1 is 1.33 bits per heavy atom. The average molecular weight is 334 g/mol. The summed E-state index contributed by atoms with van der Waals surface area (Å²) < 4.78 is 11.1. The third kappa shape index (κ3) is 2.41. The van der Waals surface area contributed by atoms with Gasteiger partial charge in [-0.1, -0.05) is 0 Å². The first-order valence-electron chi connectivity index (χ1n) is 4.16. The molecule has 2 rings (SSSR count). The largest absolute Gasteiger partial charge is 0.457 e. The Labute approximate surface area is 103 Å². The summed E-state index contributed by atoms with van der Waals surface area (Å²) in [4.78, 5) is 11.8. The molecule has 2 heterocycles. The van der Waals surface area contributed by atoms with Gasteiger partial charge in [-0.2, -0.15) is 0 Å². The van der Waals surface area contributed by atoms with Crippen molar-refractivity contribution in [3.63, 3.8) is 0 Å². The van der Waals surface area contributed by atoms with Gasteiger partial charge in [0.25, 0.3) is 0 Å². The third-order valence-electron chi connectivity index (χ3n) is 1.90. The van der Waals surface area contributed by atoms with Crippen LogP contribution in [0.4, 0.5) is 0 Å². The van der Waals surface area contributed by atoms with E-state index in [-0.39, 0.29) is 5.78 Å². The number of carbonyl (C=O) groups excluding carboxylic acids is 1. The predicted molar refractivity (Wildman–Crippen MR) is 60.9 cm³/mol. The van der Waals surface area contributed by atoms with E-state index in [2.05, 4.69) is 31.9 Å². The molecular formula is C10H6Br2O3. The summed E-state index contributed by atoms with van der Waals surface area (Å²) >= 11 is 6.34. The van der Waals surface area contributed by atoms with Crippen molar-refractivity contribution in [2.45, 2.75) is 6.42 Å². The maximum absolute atomic E-state index is 11.8. The van der Waals surface area contributed by atoms with Crippen LogP contribution >= 0.6 is 31.9 Å². The van der Waals surface area contributed by atoms with E-state index in [4.69, 9.17) is 8.83 Å². The van der Waals surface area contributed by atoms with Gasteiger partial charge in [0.15, 0.2) is 15.1 Å². The first kappa shape index (κ1) is 10.7. The quantitative estimate of drug-likeness (QED) is 0.802. The van der Waals surface area contributed by atoms with Crippen molar-refractivity contribution >= 4 is 37.6 Å². The zero-order valence-electron chi connectivity index (χ0n) is 7.50. The molecule has 0 aliphatic heterocycles. The standard InChI is InChI=1S/C10H6Br2O3/c11-9-4-6(5-15-9)3-8(13)7-1-2-14-10(7)12/h1-2,4-5H,3H2. The molecule has 0 amide bonds. The number of hydrogen-bond donors (Lipinski definition) is 0. The van der Waals surface area contributed by atoms with Crippen molar-refractivity contribution in [1.82, 2.24) is 0 Å². The molecule has 0 spiro atoms. The van der Waals surface area contributed by atoms with E-state index in [0.717, 1.165) is 5.56 Å². The van der Waals surface area contributed by atoms with E-state index in [9.17, 15) is 4.79 Å². The highest BCUT2D eigenvalue weighted by molar-refractivity contribution is 9.10. The van der Waals surface area contributed by atoms with Gasteiger partial charge in [0.1, 0.15) is 0 Å². The summed E-state index contributed by atoms with van der Waals surface area (Å²) in [5, 5.41) is 0. The van der Waals surface area contributed by atoms with Gasteiger partial charge >= 0.3 is 0 Å². The number of Topliss-reactive ketones (excluding diaryl/α,β-unsaturated/α-hetero) is 1. The second kappa shape index (κ2) is 4.37. The summed E-state index contributed by atoms with van der Waals surface area (Å²) in [5.74, 6) is -0.0103. The lowest BCUT2D eigenvalue weighted by atomic mass is 10.1. The molecule has 15 heavy (non-hydrogen) atoms. The Morgan fingerprint density at radius 3 is 2.67 bits per heavy atom. The van der Waals surface area contributed by atoms with E-state index in [0.29, 0.717) is 21.3 Å². The SMILES string of the molecule is O=C(Cc1coc(Br)c1)c1ccoc1Br. The van der Waals surface area contributed by atoms with E-state index in [1.807, 2.05) is 0 Å². The van der Waals surface area contributed by atoms with Gasteiger partial charge in [-0.25, -0.2) is 0 Å². The zero-order valence-corrected chi connectivity index (χ0v) is 10.7. The molecule has 5 heteroatoms. The molecule has 0 saturated carbocycles. The fourth-order valence-corrected chi connectivity index (χ4v) is 2.06. The molecule has 0 radical (unpaired) electrons. The molecule has 0 fully saturated rings. The van der Waals surface area contributed by atoms with E-state index in [1.54, 1.807) is 18.4 Å². The molecule has 2 aromatic rings. The van der Waals surface area contributed by atoms with Gasteiger partial charge in [-0.15, -0.1) is 0 Å². The van der Waals surface area contributed by atoms with Crippen LogP contribution in [-0.2, 0) is 6.42 Å². The monoisotopic (exact) mass is 332 g/mol. The van der Waals surface area contributed by atoms with Gasteiger partial charge in [0, 0.05) is 6.42 Å². The lowest BCUT2D eigenvalue weighted by molar-refractivity contribution is 0.0991. The molecule has 0 aromatic carbocycles. The van der Waals surface area contributed by atoms with Crippen molar-refractivity contribution in [3.05, 3.63) is 45.1 Å². The Bertz CT molecular complexity index is 484. The molecule has 0 aliphatic rings. The highest BCUT2D eigenvalue weighted by Crippen LogP contribution is 2.21. The van der Waals surface area contributed by atoms with Crippen molar-refractivity contribution < 1.29 is 13.6 Å². The maximum Gasteiger partial charge on any atom is 0.179 e. The number of hydrogen-bond acceptors (Lipinski definition) is 3. The number of carbonyl (C=O) groups is 1. The molecule has 0 atom stereocenters. The van der Waals surface area contributed by atoms with Crippen LogP contribution in [0.5, 0.6) is 0 Å². The van der Waals surface area contributed by atoms with Crippen LogP contribution in [0, 0.1) is 0 Å². The van der Waals surface area contributed by atoms with Gasteiger partial charge in [-0.05, 0) is 49.6 Å². The molecular weight excluding hydrogens is 328 g/mol. The van der Waals surface area contributed by atoms with Crippen LogP contribution < -0.4 is 0 Å². The maximum atomic E-state index is 11.8. The minimum Gasteiger partial charge on any atom is -0.457 e. The second-order valence-corrected chi connectivity index (χ2v) is 4.47. The number of rotatable bonds is 3. The molecule has 0 aliphatic carbocycles. The Hall–Kier alpha value is -0.810. The first-order valence-corrected chi connectivity index (χ1v) is 5.74. The molecule has 0 saturated heterocycles. The van der Waals surface area contributed by atoms with Crippen molar-refractivity contribution in [1.29, 1.82) is 0 Å². The molecule has 78 valence electrons. The predicted octanol–water partition coefficient (Wildman–Crippen LogP) is 3.82. The summed E-state index contributed by atoms with van der Waals surface area (Å²) in [6.45, 7) is 0. The topological polar surface area (TPSA) is 43.4 Å². The first-order chi connectivity index (χ1) is 7.16. The minimum absolute atomic E-state index is 0.0103. The van der Waals surface area contributed by atoms with Crippen LogP contribution in [0.3, 0.4) is 0 Å². The Kier molecular flexibility index (Phi) is 3.11. The zero-order chi connectivity index (χ0) is 10.8. The third-order valence-corrected chi connectivity index (χ3v) is 2.93. The van der Waals surface area contributed by atoms with Crippen LogP contribution in [0.25, 0.3) is 0 Å².